The molecule has 0 spiro atoms. The van der Waals surface area contributed by atoms with E-state index in [2.05, 4.69) is 5.43 Å². The van der Waals surface area contributed by atoms with Crippen LogP contribution in [0, 0.1) is 17.0 Å². The molecule has 1 rings (SSSR count). The first-order valence-electron chi connectivity index (χ1n) is 4.77. The van der Waals surface area contributed by atoms with E-state index in [1.807, 2.05) is 20.8 Å². The van der Waals surface area contributed by atoms with Crippen LogP contribution in [0.3, 0.4) is 0 Å². The van der Waals surface area contributed by atoms with E-state index < -0.39 is 11.6 Å². The Hall–Kier alpha value is -1.00. The van der Waals surface area contributed by atoms with Crippen LogP contribution in [0.2, 0.25) is 0 Å². The molecule has 0 aromatic heterocycles. The predicted molar refractivity (Wildman–Crippen MR) is 55.9 cm³/mol. The van der Waals surface area contributed by atoms with Crippen LogP contribution in [0.1, 0.15) is 32.4 Å². The Morgan fingerprint density at radius 3 is 2.27 bits per heavy atom. The molecule has 0 amide bonds. The van der Waals surface area contributed by atoms with Crippen LogP contribution in [0.5, 0.6) is 0 Å². The number of nitrogens with one attached hydrogen (secondary N) is 1. The lowest BCUT2D eigenvalue weighted by atomic mass is 9.82. The van der Waals surface area contributed by atoms with Gasteiger partial charge in [0.2, 0.25) is 0 Å². The summed E-state index contributed by atoms with van der Waals surface area (Å²) >= 11 is 0. The lowest BCUT2D eigenvalue weighted by Gasteiger charge is -2.30. The van der Waals surface area contributed by atoms with Crippen molar-refractivity contribution in [2.45, 2.75) is 26.8 Å². The van der Waals surface area contributed by atoms with Gasteiger partial charge in [0.15, 0.2) is 0 Å². The molecule has 1 unspecified atom stereocenters. The summed E-state index contributed by atoms with van der Waals surface area (Å²) in [6.45, 7) is 5.79. The highest BCUT2D eigenvalue weighted by molar-refractivity contribution is 5.23. The fourth-order valence-electron chi connectivity index (χ4n) is 1.54. The third-order valence-electron chi connectivity index (χ3n) is 2.31. The molecule has 0 aliphatic rings. The number of benzene rings is 1. The zero-order valence-electron chi connectivity index (χ0n) is 9.14. The first-order chi connectivity index (χ1) is 6.86. The average Bonchev–Trinajstić information content (AvgIpc) is 2.07. The summed E-state index contributed by atoms with van der Waals surface area (Å²) in [5.41, 5.74) is 2.69. The molecule has 0 bridgehead atoms. The van der Waals surface area contributed by atoms with Crippen LogP contribution in [-0.4, -0.2) is 0 Å². The van der Waals surface area contributed by atoms with E-state index >= 15 is 0 Å². The highest BCUT2D eigenvalue weighted by Crippen LogP contribution is 2.33. The number of hydrogen-bond donors (Lipinski definition) is 2. The summed E-state index contributed by atoms with van der Waals surface area (Å²) < 4.78 is 26.2. The van der Waals surface area contributed by atoms with Gasteiger partial charge in [0.1, 0.15) is 11.6 Å². The normalized spacial score (nSPS) is 14.0. The zero-order chi connectivity index (χ0) is 11.6. The number of halogens is 2. The molecule has 0 fully saturated rings. The maximum Gasteiger partial charge on any atom is 0.130 e. The van der Waals surface area contributed by atoms with Gasteiger partial charge in [0.25, 0.3) is 0 Å². The maximum atomic E-state index is 13.5. The fourth-order valence-corrected chi connectivity index (χ4v) is 1.54. The van der Waals surface area contributed by atoms with E-state index in [9.17, 15) is 8.78 Å². The van der Waals surface area contributed by atoms with Gasteiger partial charge in [-0.15, -0.1) is 0 Å². The van der Waals surface area contributed by atoms with Gasteiger partial charge >= 0.3 is 0 Å². The van der Waals surface area contributed by atoms with Crippen molar-refractivity contribution in [3.63, 3.8) is 0 Å². The molecule has 1 aromatic rings. The Balaban J connectivity index is 3.13. The summed E-state index contributed by atoms with van der Waals surface area (Å²) in [5.74, 6) is 4.23. The summed E-state index contributed by atoms with van der Waals surface area (Å²) in [6.07, 6.45) is 0. The maximum absolute atomic E-state index is 13.5. The molecule has 0 aliphatic heterocycles. The van der Waals surface area contributed by atoms with Crippen molar-refractivity contribution in [1.29, 1.82) is 0 Å². The fraction of sp³-hybridized carbons (Fsp3) is 0.455. The van der Waals surface area contributed by atoms with Gasteiger partial charge in [-0.2, -0.15) is 0 Å². The second kappa shape index (κ2) is 4.24. The molecule has 0 saturated heterocycles. The molecule has 1 aromatic carbocycles. The summed E-state index contributed by atoms with van der Waals surface area (Å²) in [5, 5.41) is 0. The van der Waals surface area contributed by atoms with Crippen LogP contribution in [0.15, 0.2) is 18.2 Å². The third-order valence-corrected chi connectivity index (χ3v) is 2.31. The largest absolute Gasteiger partial charge is 0.271 e. The smallest absolute Gasteiger partial charge is 0.130 e. The molecule has 3 N–H and O–H groups in total. The van der Waals surface area contributed by atoms with Gasteiger partial charge in [-0.25, -0.2) is 8.78 Å². The van der Waals surface area contributed by atoms with E-state index in [4.69, 9.17) is 5.84 Å². The van der Waals surface area contributed by atoms with Crippen LogP contribution < -0.4 is 11.3 Å². The Bertz CT molecular complexity index is 345. The van der Waals surface area contributed by atoms with Crippen LogP contribution >= 0.6 is 0 Å². The molecular weight excluding hydrogens is 198 g/mol. The molecule has 0 aliphatic carbocycles. The van der Waals surface area contributed by atoms with Crippen molar-refractivity contribution in [3.05, 3.63) is 35.4 Å². The molecule has 4 heteroatoms. The molecular formula is C11H16F2N2. The zero-order valence-corrected chi connectivity index (χ0v) is 9.14. The van der Waals surface area contributed by atoms with Crippen molar-refractivity contribution in [2.24, 2.45) is 11.3 Å². The van der Waals surface area contributed by atoms with E-state index in [0.717, 1.165) is 6.07 Å². The minimum Gasteiger partial charge on any atom is -0.271 e. The van der Waals surface area contributed by atoms with E-state index in [1.54, 1.807) is 0 Å². The second-order valence-electron chi connectivity index (χ2n) is 4.63. The van der Waals surface area contributed by atoms with Crippen molar-refractivity contribution in [2.75, 3.05) is 0 Å². The predicted octanol–water partition coefficient (Wildman–Crippen LogP) is 2.52. The van der Waals surface area contributed by atoms with Crippen LogP contribution in [0.25, 0.3) is 0 Å². The molecule has 84 valence electrons. The third kappa shape index (κ3) is 2.73. The number of hydrazine groups is 1. The average molecular weight is 214 g/mol. The van der Waals surface area contributed by atoms with Gasteiger partial charge in [0, 0.05) is 11.6 Å². The highest BCUT2D eigenvalue weighted by Gasteiger charge is 2.27. The van der Waals surface area contributed by atoms with Crippen LogP contribution in [-0.2, 0) is 0 Å². The lowest BCUT2D eigenvalue weighted by molar-refractivity contribution is 0.268. The Morgan fingerprint density at radius 1 is 1.27 bits per heavy atom. The lowest BCUT2D eigenvalue weighted by Crippen LogP contribution is -2.37. The summed E-state index contributed by atoms with van der Waals surface area (Å²) in [4.78, 5) is 0. The van der Waals surface area contributed by atoms with Gasteiger partial charge < -0.3 is 0 Å². The Morgan fingerprint density at radius 2 is 1.87 bits per heavy atom. The highest BCUT2D eigenvalue weighted by atomic mass is 19.1. The minimum absolute atomic E-state index is 0.243. The summed E-state index contributed by atoms with van der Waals surface area (Å²) in [7, 11) is 0. The molecule has 1 atom stereocenters. The van der Waals surface area contributed by atoms with Crippen molar-refractivity contribution < 1.29 is 8.78 Å². The molecule has 15 heavy (non-hydrogen) atoms. The minimum atomic E-state index is -0.582. The van der Waals surface area contributed by atoms with Crippen LogP contribution in [0.4, 0.5) is 8.78 Å². The first kappa shape index (κ1) is 12.1. The van der Waals surface area contributed by atoms with Gasteiger partial charge in [-0.1, -0.05) is 26.8 Å². The van der Waals surface area contributed by atoms with Gasteiger partial charge in [-0.05, 0) is 11.5 Å². The molecule has 0 heterocycles. The SMILES string of the molecule is CC(C)(C)C(NN)c1ccc(F)cc1F. The van der Waals surface area contributed by atoms with Crippen molar-refractivity contribution in [1.82, 2.24) is 5.43 Å². The van der Waals surface area contributed by atoms with E-state index in [-0.39, 0.29) is 11.5 Å². The standard InChI is InChI=1S/C11H16F2N2/c1-11(2,3)10(15-14)8-5-4-7(12)6-9(8)13/h4-6,10,15H,14H2,1-3H3. The monoisotopic (exact) mass is 214 g/mol. The topological polar surface area (TPSA) is 38.0 Å². The summed E-state index contributed by atoms with van der Waals surface area (Å²) in [6, 6.07) is 3.17. The number of rotatable bonds is 2. The Labute approximate surface area is 88.4 Å². The van der Waals surface area contributed by atoms with E-state index in [0.29, 0.717) is 5.56 Å². The Kier molecular flexibility index (Phi) is 3.42. The van der Waals surface area contributed by atoms with Crippen molar-refractivity contribution in [3.8, 4) is 0 Å². The number of nitrogens with two attached hydrogens (primary N) is 1. The van der Waals surface area contributed by atoms with Gasteiger partial charge in [-0.3, -0.25) is 11.3 Å². The van der Waals surface area contributed by atoms with Crippen molar-refractivity contribution >= 4 is 0 Å². The molecule has 2 nitrogen and oxygen atoms in total. The van der Waals surface area contributed by atoms with Gasteiger partial charge in [0.05, 0.1) is 6.04 Å². The number of hydrogen-bond acceptors (Lipinski definition) is 2. The second-order valence-corrected chi connectivity index (χ2v) is 4.63. The molecule has 0 radical (unpaired) electrons. The first-order valence-corrected chi connectivity index (χ1v) is 4.77. The van der Waals surface area contributed by atoms with E-state index in [1.165, 1.54) is 12.1 Å². The molecule has 0 saturated carbocycles. The quantitative estimate of drug-likeness (QED) is 0.586.